The van der Waals surface area contributed by atoms with Gasteiger partial charge in [-0.05, 0) is 30.7 Å². The summed E-state index contributed by atoms with van der Waals surface area (Å²) >= 11 is 2.78. The van der Waals surface area contributed by atoms with Gasteiger partial charge in [0.25, 0.3) is 0 Å². The molecule has 2 aromatic carbocycles. The molecule has 0 spiro atoms. The van der Waals surface area contributed by atoms with Crippen molar-refractivity contribution in [2.45, 2.75) is 24.5 Å². The first-order valence-corrected chi connectivity index (χ1v) is 8.79. The Morgan fingerprint density at radius 3 is 2.26 bits per heavy atom. The Morgan fingerprint density at radius 2 is 1.70 bits per heavy atom. The maximum absolute atomic E-state index is 12.9. The first-order valence-electron chi connectivity index (χ1n) is 6.51. The fourth-order valence-electron chi connectivity index (χ4n) is 1.86. The lowest BCUT2D eigenvalue weighted by molar-refractivity contribution is -0.138. The minimum Gasteiger partial charge on any atom is -0.207 e. The molecule has 0 atom stereocenters. The lowest BCUT2D eigenvalue weighted by atomic mass is 10.2. The Bertz CT molecular complexity index is 802. The molecule has 23 heavy (non-hydrogen) atoms. The predicted molar refractivity (Wildman–Crippen MR) is 84.3 cm³/mol. The van der Waals surface area contributed by atoms with E-state index in [1.807, 2.05) is 19.1 Å². The molecule has 0 amide bonds. The molecule has 0 heterocycles. The maximum Gasteiger partial charge on any atom is 0.417 e. The molecule has 8 heteroatoms. The Kier molecular flexibility index (Phi) is 5.17. The van der Waals surface area contributed by atoms with Crippen molar-refractivity contribution in [2.24, 2.45) is 0 Å². The number of aryl methyl sites for hydroxylation is 1. The summed E-state index contributed by atoms with van der Waals surface area (Å²) in [5, 5.41) is 0. The maximum atomic E-state index is 12.9. The summed E-state index contributed by atoms with van der Waals surface area (Å²) in [6.45, 7) is 1.90. The van der Waals surface area contributed by atoms with Crippen LogP contribution >= 0.6 is 15.9 Å². The van der Waals surface area contributed by atoms with Crippen LogP contribution in [0.4, 0.5) is 13.2 Å². The first kappa shape index (κ1) is 18.0. The average Bonchev–Trinajstić information content (AvgIpc) is 2.46. The normalized spacial score (nSPS) is 12.4. The van der Waals surface area contributed by atoms with Gasteiger partial charge in [0, 0.05) is 11.0 Å². The van der Waals surface area contributed by atoms with Gasteiger partial charge in [0.2, 0.25) is 10.0 Å². The molecule has 0 radical (unpaired) electrons. The van der Waals surface area contributed by atoms with Crippen LogP contribution in [-0.4, -0.2) is 8.42 Å². The van der Waals surface area contributed by atoms with E-state index in [1.165, 1.54) is 0 Å². The number of halogens is 4. The van der Waals surface area contributed by atoms with Gasteiger partial charge >= 0.3 is 6.18 Å². The number of hydrogen-bond donors (Lipinski definition) is 1. The second-order valence-electron chi connectivity index (χ2n) is 4.95. The van der Waals surface area contributed by atoms with E-state index in [0.717, 1.165) is 17.7 Å². The monoisotopic (exact) mass is 407 g/mol. The summed E-state index contributed by atoms with van der Waals surface area (Å²) in [5.41, 5.74) is 0.711. The molecular weight excluding hydrogens is 395 g/mol. The molecule has 0 saturated carbocycles. The van der Waals surface area contributed by atoms with Crippen LogP contribution in [0.2, 0.25) is 0 Å². The van der Waals surface area contributed by atoms with Crippen LogP contribution in [0.15, 0.2) is 51.8 Å². The summed E-state index contributed by atoms with van der Waals surface area (Å²) in [6, 6.07) is 9.96. The fourth-order valence-corrected chi connectivity index (χ4v) is 3.37. The van der Waals surface area contributed by atoms with E-state index in [1.54, 1.807) is 12.1 Å². The van der Waals surface area contributed by atoms with Crippen molar-refractivity contribution in [2.75, 3.05) is 0 Å². The van der Waals surface area contributed by atoms with Gasteiger partial charge < -0.3 is 0 Å². The third-order valence-electron chi connectivity index (χ3n) is 3.14. The van der Waals surface area contributed by atoms with Crippen LogP contribution in [0, 0.1) is 6.92 Å². The van der Waals surface area contributed by atoms with Crippen molar-refractivity contribution < 1.29 is 21.6 Å². The van der Waals surface area contributed by atoms with Crippen molar-refractivity contribution in [1.29, 1.82) is 0 Å². The molecule has 0 unspecified atom stereocenters. The highest BCUT2D eigenvalue weighted by molar-refractivity contribution is 9.10. The van der Waals surface area contributed by atoms with Gasteiger partial charge in [-0.15, -0.1) is 0 Å². The summed E-state index contributed by atoms with van der Waals surface area (Å²) in [4.78, 5) is -0.430. The Labute approximate surface area is 140 Å². The highest BCUT2D eigenvalue weighted by atomic mass is 79.9. The molecule has 0 aliphatic carbocycles. The van der Waals surface area contributed by atoms with E-state index in [-0.39, 0.29) is 11.0 Å². The summed E-state index contributed by atoms with van der Waals surface area (Å²) in [6.07, 6.45) is -4.64. The smallest absolute Gasteiger partial charge is 0.207 e. The largest absolute Gasteiger partial charge is 0.417 e. The summed E-state index contributed by atoms with van der Waals surface area (Å²) in [5.74, 6) is 0. The van der Waals surface area contributed by atoms with Gasteiger partial charge in [0.15, 0.2) is 0 Å². The van der Waals surface area contributed by atoms with Crippen LogP contribution in [0.1, 0.15) is 16.7 Å². The zero-order chi connectivity index (χ0) is 17.3. The van der Waals surface area contributed by atoms with Crippen molar-refractivity contribution in [3.63, 3.8) is 0 Å². The van der Waals surface area contributed by atoms with Crippen LogP contribution in [0.3, 0.4) is 0 Å². The molecule has 1 N–H and O–H groups in total. The average molecular weight is 408 g/mol. The molecule has 0 bridgehead atoms. The van der Waals surface area contributed by atoms with Gasteiger partial charge in [0.1, 0.15) is 0 Å². The van der Waals surface area contributed by atoms with Gasteiger partial charge in [-0.1, -0.05) is 45.8 Å². The number of nitrogens with one attached hydrogen (secondary N) is 1. The molecule has 3 nitrogen and oxygen atoms in total. The topological polar surface area (TPSA) is 46.2 Å². The van der Waals surface area contributed by atoms with Gasteiger partial charge in [-0.3, -0.25) is 0 Å². The molecule has 2 aromatic rings. The molecule has 0 aliphatic rings. The Hall–Kier alpha value is -1.38. The third-order valence-corrected chi connectivity index (χ3v) is 5.23. The number of benzene rings is 2. The number of sulfonamides is 1. The summed E-state index contributed by atoms with van der Waals surface area (Å²) in [7, 11) is -4.04. The minimum absolute atomic E-state index is 0.0000282. The second-order valence-corrected chi connectivity index (χ2v) is 7.57. The molecule has 0 aliphatic heterocycles. The van der Waals surface area contributed by atoms with E-state index in [9.17, 15) is 21.6 Å². The molecule has 124 valence electrons. The molecule has 0 saturated heterocycles. The Balaban J connectivity index is 2.24. The van der Waals surface area contributed by atoms with Gasteiger partial charge in [-0.2, -0.15) is 13.2 Å². The molecular formula is C15H13BrF3NO2S. The lowest BCUT2D eigenvalue weighted by Crippen LogP contribution is -2.23. The van der Waals surface area contributed by atoms with Gasteiger partial charge in [-0.25, -0.2) is 13.1 Å². The number of rotatable bonds is 4. The minimum atomic E-state index is -4.64. The van der Waals surface area contributed by atoms with Crippen LogP contribution in [0.25, 0.3) is 0 Å². The number of hydrogen-bond acceptors (Lipinski definition) is 2. The number of alkyl halides is 3. The van der Waals surface area contributed by atoms with E-state index >= 15 is 0 Å². The predicted octanol–water partition coefficient (Wildman–Crippen LogP) is 4.25. The van der Waals surface area contributed by atoms with E-state index in [4.69, 9.17) is 0 Å². The van der Waals surface area contributed by atoms with E-state index in [0.29, 0.717) is 11.6 Å². The quantitative estimate of drug-likeness (QED) is 0.822. The molecule has 0 fully saturated rings. The third kappa shape index (κ3) is 4.55. The molecule has 2 rings (SSSR count). The standard InChI is InChI=1S/C15H13BrF3NO2S/c1-10-2-4-11(5-3-10)9-20-23(21,22)12-6-7-14(16)13(8-12)15(17,18)19/h2-8,20H,9H2,1H3. The van der Waals surface area contributed by atoms with Crippen molar-refractivity contribution in [1.82, 2.24) is 4.72 Å². The second kappa shape index (κ2) is 6.62. The fraction of sp³-hybridized carbons (Fsp3) is 0.200. The SMILES string of the molecule is Cc1ccc(CNS(=O)(=O)c2ccc(Br)c(C(F)(F)F)c2)cc1. The molecule has 0 aromatic heterocycles. The van der Waals surface area contributed by atoms with Gasteiger partial charge in [0.05, 0.1) is 10.5 Å². The highest BCUT2D eigenvalue weighted by Gasteiger charge is 2.34. The van der Waals surface area contributed by atoms with Crippen molar-refractivity contribution in [3.05, 3.63) is 63.6 Å². The van der Waals surface area contributed by atoms with Crippen LogP contribution in [0.5, 0.6) is 0 Å². The van der Waals surface area contributed by atoms with Crippen molar-refractivity contribution in [3.8, 4) is 0 Å². The Morgan fingerprint density at radius 1 is 1.09 bits per heavy atom. The zero-order valence-electron chi connectivity index (χ0n) is 12.0. The van der Waals surface area contributed by atoms with E-state index < -0.39 is 26.7 Å². The van der Waals surface area contributed by atoms with Crippen LogP contribution < -0.4 is 4.72 Å². The lowest BCUT2D eigenvalue weighted by Gasteiger charge is -2.12. The zero-order valence-corrected chi connectivity index (χ0v) is 14.4. The first-order chi connectivity index (χ1) is 10.6. The van der Waals surface area contributed by atoms with Crippen LogP contribution in [-0.2, 0) is 22.7 Å². The highest BCUT2D eigenvalue weighted by Crippen LogP contribution is 2.36. The van der Waals surface area contributed by atoms with Crippen molar-refractivity contribution >= 4 is 26.0 Å². The van der Waals surface area contributed by atoms with E-state index in [2.05, 4.69) is 20.7 Å². The summed E-state index contributed by atoms with van der Waals surface area (Å²) < 4.78 is 65.0.